The molecule has 1 aliphatic carbocycles. The molecule has 6 nitrogen and oxygen atoms in total. The summed E-state index contributed by atoms with van der Waals surface area (Å²) in [6.07, 6.45) is 0.768. The largest absolute Gasteiger partial charge is 0.481 e. The Kier molecular flexibility index (Phi) is 5.17. The Morgan fingerprint density at radius 2 is 1.89 bits per heavy atom. The molecule has 0 aliphatic heterocycles. The first kappa shape index (κ1) is 15.8. The number of ether oxygens (including phenoxy) is 2. The zero-order valence-electron chi connectivity index (χ0n) is 11.9. The van der Waals surface area contributed by atoms with Gasteiger partial charge >= 0.3 is 12.1 Å². The van der Waals surface area contributed by atoms with E-state index in [1.54, 1.807) is 20.8 Å². The molecule has 0 aromatic carbocycles. The summed E-state index contributed by atoms with van der Waals surface area (Å²) in [7, 11) is 1.50. The topological polar surface area (TPSA) is 84.9 Å². The molecule has 3 atom stereocenters. The van der Waals surface area contributed by atoms with Gasteiger partial charge in [0.15, 0.2) is 0 Å². The predicted octanol–water partition coefficient (Wildman–Crippen LogP) is 1.78. The van der Waals surface area contributed by atoms with Crippen molar-refractivity contribution in [3.8, 4) is 0 Å². The van der Waals surface area contributed by atoms with Crippen LogP contribution in [0.25, 0.3) is 0 Å². The molecule has 1 aliphatic rings. The van der Waals surface area contributed by atoms with E-state index in [1.807, 2.05) is 0 Å². The van der Waals surface area contributed by atoms with Gasteiger partial charge in [0.05, 0.1) is 12.0 Å². The molecular formula is C13H23NO5. The average molecular weight is 273 g/mol. The van der Waals surface area contributed by atoms with Crippen molar-refractivity contribution < 1.29 is 24.2 Å². The van der Waals surface area contributed by atoms with Gasteiger partial charge < -0.3 is 19.9 Å². The third-order valence-electron chi connectivity index (χ3n) is 3.13. The van der Waals surface area contributed by atoms with Crippen molar-refractivity contribution in [3.63, 3.8) is 0 Å². The Bertz CT molecular complexity index is 336. The van der Waals surface area contributed by atoms with E-state index >= 15 is 0 Å². The van der Waals surface area contributed by atoms with E-state index in [0.717, 1.165) is 0 Å². The summed E-state index contributed by atoms with van der Waals surface area (Å²) in [5, 5.41) is 11.8. The summed E-state index contributed by atoms with van der Waals surface area (Å²) < 4.78 is 10.4. The monoisotopic (exact) mass is 273 g/mol. The van der Waals surface area contributed by atoms with Crippen LogP contribution in [0.1, 0.15) is 40.0 Å². The SMILES string of the molecule is CO[C@H]1C[C@@H](NC(=O)OC(C)(C)C)CC[C@@H]1C(=O)O. The van der Waals surface area contributed by atoms with Gasteiger partial charge in [-0.15, -0.1) is 0 Å². The molecule has 0 spiro atoms. The maximum absolute atomic E-state index is 11.6. The lowest BCUT2D eigenvalue weighted by molar-refractivity contribution is -0.148. The predicted molar refractivity (Wildman–Crippen MR) is 68.9 cm³/mol. The van der Waals surface area contributed by atoms with Crippen LogP contribution in [-0.2, 0) is 14.3 Å². The second kappa shape index (κ2) is 6.23. The summed E-state index contributed by atoms with van der Waals surface area (Å²) in [4.78, 5) is 22.7. The number of methoxy groups -OCH3 is 1. The Hall–Kier alpha value is -1.30. The molecule has 0 heterocycles. The number of hydrogen-bond donors (Lipinski definition) is 2. The molecule has 1 rings (SSSR count). The zero-order chi connectivity index (χ0) is 14.6. The number of hydrogen-bond acceptors (Lipinski definition) is 4. The molecule has 19 heavy (non-hydrogen) atoms. The molecule has 1 amide bonds. The van der Waals surface area contributed by atoms with Crippen LogP contribution in [0.5, 0.6) is 0 Å². The van der Waals surface area contributed by atoms with Gasteiger partial charge in [0.25, 0.3) is 0 Å². The second-order valence-corrected chi connectivity index (χ2v) is 5.88. The maximum atomic E-state index is 11.6. The van der Waals surface area contributed by atoms with Gasteiger partial charge in [0, 0.05) is 13.2 Å². The van der Waals surface area contributed by atoms with Crippen molar-refractivity contribution >= 4 is 12.1 Å². The van der Waals surface area contributed by atoms with E-state index in [0.29, 0.717) is 19.3 Å². The fraction of sp³-hybridized carbons (Fsp3) is 0.846. The van der Waals surface area contributed by atoms with Crippen LogP contribution in [0.3, 0.4) is 0 Å². The van der Waals surface area contributed by atoms with Gasteiger partial charge in [-0.3, -0.25) is 4.79 Å². The summed E-state index contributed by atoms with van der Waals surface area (Å²) in [6, 6.07) is -0.101. The number of aliphatic carboxylic acids is 1. The van der Waals surface area contributed by atoms with E-state index in [9.17, 15) is 9.59 Å². The Labute approximate surface area is 113 Å². The number of nitrogens with one attached hydrogen (secondary N) is 1. The first-order chi connectivity index (χ1) is 8.73. The summed E-state index contributed by atoms with van der Waals surface area (Å²) in [5.74, 6) is -1.34. The molecule has 6 heteroatoms. The highest BCUT2D eigenvalue weighted by molar-refractivity contribution is 5.71. The highest BCUT2D eigenvalue weighted by Crippen LogP contribution is 2.27. The molecule has 1 fully saturated rings. The van der Waals surface area contributed by atoms with Crippen LogP contribution < -0.4 is 5.32 Å². The van der Waals surface area contributed by atoms with Crippen molar-refractivity contribution in [1.29, 1.82) is 0 Å². The minimum absolute atomic E-state index is 0.101. The van der Waals surface area contributed by atoms with Crippen molar-refractivity contribution in [3.05, 3.63) is 0 Å². The molecular weight excluding hydrogens is 250 g/mol. The Morgan fingerprint density at radius 1 is 1.26 bits per heavy atom. The van der Waals surface area contributed by atoms with Crippen LogP contribution in [0, 0.1) is 5.92 Å². The quantitative estimate of drug-likeness (QED) is 0.818. The molecule has 1 saturated carbocycles. The van der Waals surface area contributed by atoms with Gasteiger partial charge in [-0.2, -0.15) is 0 Å². The minimum atomic E-state index is -0.845. The lowest BCUT2D eigenvalue weighted by atomic mass is 9.83. The number of carbonyl (C=O) groups is 2. The van der Waals surface area contributed by atoms with Crippen LogP contribution in [0.4, 0.5) is 4.79 Å². The molecule has 0 bridgehead atoms. The number of amides is 1. The lowest BCUT2D eigenvalue weighted by Gasteiger charge is -2.33. The number of carboxylic acids is 1. The van der Waals surface area contributed by atoms with Gasteiger partial charge in [0.1, 0.15) is 5.60 Å². The highest BCUT2D eigenvalue weighted by atomic mass is 16.6. The first-order valence-electron chi connectivity index (χ1n) is 6.48. The van der Waals surface area contributed by atoms with E-state index in [1.165, 1.54) is 7.11 Å². The van der Waals surface area contributed by atoms with Crippen molar-refractivity contribution in [2.75, 3.05) is 7.11 Å². The normalized spacial score (nSPS) is 27.7. The highest BCUT2D eigenvalue weighted by Gasteiger charge is 2.36. The number of carbonyl (C=O) groups excluding carboxylic acids is 1. The van der Waals surface area contributed by atoms with Gasteiger partial charge in [-0.1, -0.05) is 0 Å². The standard InChI is InChI=1S/C13H23NO5/c1-13(2,3)19-12(17)14-8-5-6-9(11(15)16)10(7-8)18-4/h8-10H,5-7H2,1-4H3,(H,14,17)(H,15,16)/t8-,9-,10-/m0/s1. The number of rotatable bonds is 3. The average Bonchev–Trinajstić information content (AvgIpc) is 2.25. The molecule has 0 saturated heterocycles. The van der Waals surface area contributed by atoms with E-state index in [-0.39, 0.29) is 12.1 Å². The fourth-order valence-corrected chi connectivity index (χ4v) is 2.28. The number of carboxylic acid groups (broad SMARTS) is 1. The molecule has 110 valence electrons. The Balaban J connectivity index is 2.50. The smallest absolute Gasteiger partial charge is 0.407 e. The molecule has 2 N–H and O–H groups in total. The molecule has 0 aromatic heterocycles. The van der Waals surface area contributed by atoms with Gasteiger partial charge in [-0.05, 0) is 40.0 Å². The fourth-order valence-electron chi connectivity index (χ4n) is 2.28. The van der Waals surface area contributed by atoms with Crippen LogP contribution in [-0.4, -0.2) is 42.0 Å². The van der Waals surface area contributed by atoms with Crippen molar-refractivity contribution in [1.82, 2.24) is 5.32 Å². The number of alkyl carbamates (subject to hydrolysis) is 1. The first-order valence-corrected chi connectivity index (χ1v) is 6.48. The summed E-state index contributed by atoms with van der Waals surface area (Å²) in [6.45, 7) is 5.39. The molecule has 0 unspecified atom stereocenters. The van der Waals surface area contributed by atoms with Crippen LogP contribution in [0.2, 0.25) is 0 Å². The summed E-state index contributed by atoms with van der Waals surface area (Å²) >= 11 is 0. The Morgan fingerprint density at radius 3 is 2.37 bits per heavy atom. The second-order valence-electron chi connectivity index (χ2n) is 5.88. The van der Waals surface area contributed by atoms with Crippen molar-refractivity contribution in [2.45, 2.75) is 57.8 Å². The third kappa shape index (κ3) is 5.06. The minimum Gasteiger partial charge on any atom is -0.481 e. The van der Waals surface area contributed by atoms with Crippen LogP contribution in [0.15, 0.2) is 0 Å². The lowest BCUT2D eigenvalue weighted by Crippen LogP contribution is -2.46. The van der Waals surface area contributed by atoms with E-state index in [4.69, 9.17) is 14.6 Å². The van der Waals surface area contributed by atoms with Crippen molar-refractivity contribution in [2.24, 2.45) is 5.92 Å². The van der Waals surface area contributed by atoms with Gasteiger partial charge in [0.2, 0.25) is 0 Å². The summed E-state index contributed by atoms with van der Waals surface area (Å²) in [5.41, 5.74) is -0.539. The maximum Gasteiger partial charge on any atom is 0.407 e. The third-order valence-corrected chi connectivity index (χ3v) is 3.13. The molecule has 0 aromatic rings. The zero-order valence-corrected chi connectivity index (χ0v) is 11.9. The van der Waals surface area contributed by atoms with Crippen LogP contribution >= 0.6 is 0 Å². The van der Waals surface area contributed by atoms with Gasteiger partial charge in [-0.25, -0.2) is 4.79 Å². The van der Waals surface area contributed by atoms with E-state index in [2.05, 4.69) is 5.32 Å². The molecule has 0 radical (unpaired) electrons. The van der Waals surface area contributed by atoms with E-state index < -0.39 is 23.6 Å².